The number of halogens is 1. The third-order valence-corrected chi connectivity index (χ3v) is 3.41. The summed E-state index contributed by atoms with van der Waals surface area (Å²) in [5, 5.41) is 10.5. The van der Waals surface area contributed by atoms with Crippen LogP contribution in [0, 0.1) is 10.1 Å². The molecule has 0 radical (unpaired) electrons. The lowest BCUT2D eigenvalue weighted by atomic mass is 10.1. The van der Waals surface area contributed by atoms with Crippen LogP contribution in [0.25, 0.3) is 6.08 Å². The van der Waals surface area contributed by atoms with Crippen LogP contribution < -0.4 is 0 Å². The average Bonchev–Trinajstić information content (AvgIpc) is 2.52. The van der Waals surface area contributed by atoms with Gasteiger partial charge in [0, 0.05) is 22.2 Å². The highest BCUT2D eigenvalue weighted by molar-refractivity contribution is 9.10. The van der Waals surface area contributed by atoms with E-state index >= 15 is 0 Å². The summed E-state index contributed by atoms with van der Waals surface area (Å²) >= 11 is 3.32. The number of benzene rings is 2. The van der Waals surface area contributed by atoms with Crippen LogP contribution in [0.15, 0.2) is 71.2 Å². The summed E-state index contributed by atoms with van der Waals surface area (Å²) in [6.07, 6.45) is 6.62. The van der Waals surface area contributed by atoms with Gasteiger partial charge in [0.25, 0.3) is 5.69 Å². The summed E-state index contributed by atoms with van der Waals surface area (Å²) in [5.74, 6) is -0.0825. The van der Waals surface area contributed by atoms with Crippen LogP contribution in [0.5, 0.6) is 0 Å². The first kappa shape index (κ1) is 15.9. The van der Waals surface area contributed by atoms with Gasteiger partial charge in [-0.1, -0.05) is 34.2 Å². The van der Waals surface area contributed by atoms with Gasteiger partial charge in [0.15, 0.2) is 5.78 Å². The van der Waals surface area contributed by atoms with Crippen LogP contribution >= 0.6 is 15.9 Å². The van der Waals surface area contributed by atoms with Crippen LogP contribution in [-0.4, -0.2) is 10.7 Å². The summed E-state index contributed by atoms with van der Waals surface area (Å²) in [5.41, 5.74) is 1.49. The number of carbonyl (C=O) groups excluding carboxylic acids is 1. The molecule has 0 amide bonds. The first-order chi connectivity index (χ1) is 10.6. The van der Waals surface area contributed by atoms with Crippen molar-refractivity contribution in [2.75, 3.05) is 0 Å². The summed E-state index contributed by atoms with van der Waals surface area (Å²) in [6, 6.07) is 13.3. The van der Waals surface area contributed by atoms with E-state index in [1.807, 2.05) is 12.1 Å². The van der Waals surface area contributed by atoms with E-state index in [0.717, 1.165) is 10.0 Å². The lowest BCUT2D eigenvalue weighted by molar-refractivity contribution is -0.384. The number of hydrogen-bond acceptors (Lipinski definition) is 3. The normalized spacial score (nSPS) is 11.1. The first-order valence-corrected chi connectivity index (χ1v) is 7.24. The highest BCUT2D eigenvalue weighted by Crippen LogP contribution is 2.13. The Hall–Kier alpha value is -2.53. The summed E-state index contributed by atoms with van der Waals surface area (Å²) in [4.78, 5) is 22.0. The van der Waals surface area contributed by atoms with Gasteiger partial charge in [-0.2, -0.15) is 0 Å². The molecule has 0 saturated carbocycles. The first-order valence-electron chi connectivity index (χ1n) is 6.45. The molecule has 2 rings (SSSR count). The molecule has 5 heteroatoms. The van der Waals surface area contributed by atoms with Crippen LogP contribution in [0.3, 0.4) is 0 Å². The zero-order chi connectivity index (χ0) is 15.9. The van der Waals surface area contributed by atoms with Crippen molar-refractivity contribution in [2.45, 2.75) is 0 Å². The van der Waals surface area contributed by atoms with Gasteiger partial charge in [-0.15, -0.1) is 0 Å². The number of carbonyl (C=O) groups is 1. The Morgan fingerprint density at radius 3 is 2.23 bits per heavy atom. The molecular weight excluding hydrogens is 346 g/mol. The lowest BCUT2D eigenvalue weighted by Gasteiger charge is -1.95. The molecule has 0 spiro atoms. The number of ketones is 1. The van der Waals surface area contributed by atoms with Gasteiger partial charge in [0.05, 0.1) is 4.92 Å². The van der Waals surface area contributed by atoms with E-state index in [4.69, 9.17) is 0 Å². The number of rotatable bonds is 5. The minimum atomic E-state index is -0.440. The van der Waals surface area contributed by atoms with E-state index in [0.29, 0.717) is 5.56 Å². The molecule has 110 valence electrons. The van der Waals surface area contributed by atoms with Crippen molar-refractivity contribution < 1.29 is 9.72 Å². The van der Waals surface area contributed by atoms with Gasteiger partial charge >= 0.3 is 0 Å². The maximum Gasteiger partial charge on any atom is 0.269 e. The Kier molecular flexibility index (Phi) is 5.38. The van der Waals surface area contributed by atoms with Crippen molar-refractivity contribution in [1.82, 2.24) is 0 Å². The SMILES string of the molecule is O=C(/C=C/C=C/c1ccc([N+](=O)[O-])cc1)c1ccc(Br)cc1. The third kappa shape index (κ3) is 4.49. The Bertz CT molecular complexity index is 732. The van der Waals surface area contributed by atoms with Gasteiger partial charge in [-0.25, -0.2) is 0 Å². The molecule has 0 atom stereocenters. The Balaban J connectivity index is 1.97. The van der Waals surface area contributed by atoms with E-state index in [2.05, 4.69) is 15.9 Å². The summed E-state index contributed by atoms with van der Waals surface area (Å²) in [7, 11) is 0. The van der Waals surface area contributed by atoms with Gasteiger partial charge in [-0.3, -0.25) is 14.9 Å². The van der Waals surface area contributed by atoms with Crippen molar-refractivity contribution >= 4 is 33.5 Å². The van der Waals surface area contributed by atoms with Crippen molar-refractivity contribution in [3.63, 3.8) is 0 Å². The molecule has 0 unspecified atom stereocenters. The predicted octanol–water partition coefficient (Wildman–Crippen LogP) is 4.81. The Morgan fingerprint density at radius 2 is 1.64 bits per heavy atom. The highest BCUT2D eigenvalue weighted by Gasteiger charge is 2.02. The van der Waals surface area contributed by atoms with Crippen molar-refractivity contribution in [1.29, 1.82) is 0 Å². The molecule has 0 fully saturated rings. The van der Waals surface area contributed by atoms with Crippen LogP contribution in [0.4, 0.5) is 5.69 Å². The second-order valence-electron chi connectivity index (χ2n) is 4.44. The molecule has 0 bridgehead atoms. The van der Waals surface area contributed by atoms with Crippen LogP contribution in [0.2, 0.25) is 0 Å². The van der Waals surface area contributed by atoms with Crippen molar-refractivity contribution in [2.24, 2.45) is 0 Å². The number of nitro groups is 1. The van der Waals surface area contributed by atoms with Gasteiger partial charge in [-0.05, 0) is 48.0 Å². The monoisotopic (exact) mass is 357 g/mol. The second kappa shape index (κ2) is 7.47. The Morgan fingerprint density at radius 1 is 1.00 bits per heavy atom. The standard InChI is InChI=1S/C17H12BrNO3/c18-15-9-7-14(8-10-15)17(20)4-2-1-3-13-5-11-16(12-6-13)19(21)22/h1-12H/b3-1+,4-2+. The molecule has 0 heterocycles. The quantitative estimate of drug-likeness (QED) is 0.253. The van der Waals surface area contributed by atoms with E-state index < -0.39 is 4.92 Å². The second-order valence-corrected chi connectivity index (χ2v) is 5.35. The fraction of sp³-hybridized carbons (Fsp3) is 0. The minimum absolute atomic E-state index is 0.0538. The lowest BCUT2D eigenvalue weighted by Crippen LogP contribution is -1.92. The fourth-order valence-corrected chi connectivity index (χ4v) is 1.99. The van der Waals surface area contributed by atoms with Crippen LogP contribution in [-0.2, 0) is 0 Å². The number of allylic oxidation sites excluding steroid dienone is 3. The number of nitro benzene ring substituents is 1. The number of non-ortho nitro benzene ring substituents is 1. The molecule has 0 aliphatic heterocycles. The third-order valence-electron chi connectivity index (χ3n) is 2.88. The van der Waals surface area contributed by atoms with Gasteiger partial charge in [0.2, 0.25) is 0 Å². The number of nitrogens with zero attached hydrogens (tertiary/aromatic N) is 1. The Labute approximate surface area is 136 Å². The minimum Gasteiger partial charge on any atom is -0.289 e. The summed E-state index contributed by atoms with van der Waals surface area (Å²) in [6.45, 7) is 0. The molecule has 0 aromatic heterocycles. The average molecular weight is 358 g/mol. The molecular formula is C17H12BrNO3. The smallest absolute Gasteiger partial charge is 0.269 e. The molecule has 22 heavy (non-hydrogen) atoms. The topological polar surface area (TPSA) is 60.2 Å². The van der Waals surface area contributed by atoms with Crippen molar-refractivity contribution in [3.05, 3.63) is 92.5 Å². The molecule has 4 nitrogen and oxygen atoms in total. The fourth-order valence-electron chi connectivity index (χ4n) is 1.73. The zero-order valence-electron chi connectivity index (χ0n) is 11.5. The van der Waals surface area contributed by atoms with Gasteiger partial charge < -0.3 is 0 Å². The molecule has 2 aromatic carbocycles. The molecule has 0 saturated heterocycles. The van der Waals surface area contributed by atoms with E-state index in [1.165, 1.54) is 18.2 Å². The summed E-state index contributed by atoms with van der Waals surface area (Å²) < 4.78 is 0.922. The van der Waals surface area contributed by atoms with E-state index in [-0.39, 0.29) is 11.5 Å². The maximum absolute atomic E-state index is 11.9. The van der Waals surface area contributed by atoms with Crippen LogP contribution in [0.1, 0.15) is 15.9 Å². The molecule has 0 N–H and O–H groups in total. The molecule has 2 aromatic rings. The van der Waals surface area contributed by atoms with Crippen molar-refractivity contribution in [3.8, 4) is 0 Å². The predicted molar refractivity (Wildman–Crippen MR) is 89.7 cm³/mol. The molecule has 0 aliphatic rings. The molecule has 0 aliphatic carbocycles. The highest BCUT2D eigenvalue weighted by atomic mass is 79.9. The largest absolute Gasteiger partial charge is 0.289 e. The van der Waals surface area contributed by atoms with Gasteiger partial charge in [0.1, 0.15) is 0 Å². The van der Waals surface area contributed by atoms with E-state index in [9.17, 15) is 14.9 Å². The maximum atomic E-state index is 11.9. The van der Waals surface area contributed by atoms with E-state index in [1.54, 1.807) is 42.5 Å². The number of hydrogen-bond donors (Lipinski definition) is 0. The zero-order valence-corrected chi connectivity index (χ0v) is 13.1.